The van der Waals surface area contributed by atoms with Crippen molar-refractivity contribution in [3.8, 4) is 0 Å². The highest BCUT2D eigenvalue weighted by atomic mass is 15.1. The molecule has 2 rings (SSSR count). The van der Waals surface area contributed by atoms with Gasteiger partial charge >= 0.3 is 0 Å². The summed E-state index contributed by atoms with van der Waals surface area (Å²) in [4.78, 5) is 6.64. The molecule has 0 bridgehead atoms. The van der Waals surface area contributed by atoms with Crippen LogP contribution in [0.1, 0.15) is 26.2 Å². The highest BCUT2D eigenvalue weighted by Gasteiger charge is 2.13. The highest BCUT2D eigenvalue weighted by molar-refractivity contribution is 4.74. The van der Waals surface area contributed by atoms with Gasteiger partial charge in [-0.05, 0) is 51.4 Å². The largest absolute Gasteiger partial charge is 0.337 e. The van der Waals surface area contributed by atoms with Crippen LogP contribution in [0.15, 0.2) is 18.7 Å². The van der Waals surface area contributed by atoms with Gasteiger partial charge in [0, 0.05) is 25.5 Å². The molecule has 1 saturated heterocycles. The molecule has 1 N–H and O–H groups in total. The minimum absolute atomic E-state index is 0.761. The van der Waals surface area contributed by atoms with Crippen LogP contribution < -0.4 is 5.32 Å². The molecular formula is C14H26N4. The van der Waals surface area contributed by atoms with Crippen LogP contribution in [-0.4, -0.2) is 47.2 Å². The van der Waals surface area contributed by atoms with Crippen LogP contribution in [0.2, 0.25) is 0 Å². The molecule has 1 fully saturated rings. The molecule has 0 aromatic carbocycles. The van der Waals surface area contributed by atoms with Crippen LogP contribution in [-0.2, 0) is 6.54 Å². The molecule has 102 valence electrons. The Morgan fingerprint density at radius 2 is 2.17 bits per heavy atom. The van der Waals surface area contributed by atoms with E-state index in [1.807, 2.05) is 18.7 Å². The first-order chi connectivity index (χ1) is 8.84. The molecule has 1 aliphatic rings. The van der Waals surface area contributed by atoms with E-state index in [2.05, 4.69) is 26.7 Å². The third-order valence-electron chi connectivity index (χ3n) is 3.59. The molecule has 0 amide bonds. The molecule has 1 aliphatic heterocycles. The lowest BCUT2D eigenvalue weighted by atomic mass is 10.1. The van der Waals surface area contributed by atoms with E-state index in [4.69, 9.17) is 0 Å². The second kappa shape index (κ2) is 7.54. The van der Waals surface area contributed by atoms with Crippen LogP contribution in [0.25, 0.3) is 0 Å². The fraction of sp³-hybridized carbons (Fsp3) is 0.786. The predicted octanol–water partition coefficient (Wildman–Crippen LogP) is 1.59. The molecule has 0 aliphatic carbocycles. The van der Waals surface area contributed by atoms with Crippen molar-refractivity contribution in [1.82, 2.24) is 19.8 Å². The molecular weight excluding hydrogens is 224 g/mol. The Hall–Kier alpha value is -0.870. The Balaban J connectivity index is 1.47. The fourth-order valence-corrected chi connectivity index (χ4v) is 2.62. The topological polar surface area (TPSA) is 33.1 Å². The maximum Gasteiger partial charge on any atom is 0.0945 e. The maximum atomic E-state index is 4.04. The summed E-state index contributed by atoms with van der Waals surface area (Å²) in [5.41, 5.74) is 0. The summed E-state index contributed by atoms with van der Waals surface area (Å²) in [5.74, 6) is 0.761. The summed E-state index contributed by atoms with van der Waals surface area (Å²) in [5, 5.41) is 3.56. The minimum atomic E-state index is 0.761. The maximum absolute atomic E-state index is 4.04. The quantitative estimate of drug-likeness (QED) is 0.711. The van der Waals surface area contributed by atoms with E-state index in [1.165, 1.54) is 38.9 Å². The molecule has 4 heteroatoms. The first kappa shape index (κ1) is 13.6. The molecule has 0 spiro atoms. The average molecular weight is 250 g/mol. The zero-order valence-electron chi connectivity index (χ0n) is 11.5. The lowest BCUT2D eigenvalue weighted by Gasteiger charge is -2.20. The van der Waals surface area contributed by atoms with E-state index >= 15 is 0 Å². The average Bonchev–Trinajstić information content (AvgIpc) is 3.01. The number of aryl methyl sites for hydroxylation is 1. The van der Waals surface area contributed by atoms with Crippen molar-refractivity contribution in [3.63, 3.8) is 0 Å². The Bertz CT molecular complexity index is 304. The number of nitrogens with zero attached hydrogens (tertiary/aromatic N) is 3. The smallest absolute Gasteiger partial charge is 0.0945 e. The van der Waals surface area contributed by atoms with Crippen molar-refractivity contribution in [2.75, 3.05) is 32.7 Å². The first-order valence-electron chi connectivity index (χ1n) is 7.23. The Morgan fingerprint density at radius 3 is 2.89 bits per heavy atom. The molecule has 2 heterocycles. The summed E-state index contributed by atoms with van der Waals surface area (Å²) in [7, 11) is 0. The van der Waals surface area contributed by atoms with E-state index in [1.54, 1.807) is 0 Å². The van der Waals surface area contributed by atoms with Gasteiger partial charge in [0.2, 0.25) is 0 Å². The zero-order chi connectivity index (χ0) is 12.6. The molecule has 0 radical (unpaired) electrons. The molecule has 1 aromatic rings. The van der Waals surface area contributed by atoms with Crippen LogP contribution in [0.5, 0.6) is 0 Å². The third kappa shape index (κ3) is 4.78. The summed E-state index contributed by atoms with van der Waals surface area (Å²) in [6.45, 7) is 9.53. The third-order valence-corrected chi connectivity index (χ3v) is 3.59. The van der Waals surface area contributed by atoms with E-state index in [9.17, 15) is 0 Å². The van der Waals surface area contributed by atoms with Crippen LogP contribution in [0.3, 0.4) is 0 Å². The standard InChI is InChI=1S/C14H26N4/c1-14(12-17-7-2-3-8-17)11-15-5-4-9-18-10-6-16-13-18/h6,10,13-15H,2-5,7-9,11-12H2,1H3. The van der Waals surface area contributed by atoms with Crippen molar-refractivity contribution < 1.29 is 0 Å². The Labute approximate surface area is 110 Å². The molecule has 1 atom stereocenters. The van der Waals surface area contributed by atoms with Crippen molar-refractivity contribution >= 4 is 0 Å². The fourth-order valence-electron chi connectivity index (χ4n) is 2.62. The minimum Gasteiger partial charge on any atom is -0.337 e. The number of aromatic nitrogens is 2. The van der Waals surface area contributed by atoms with E-state index < -0.39 is 0 Å². The molecule has 18 heavy (non-hydrogen) atoms. The predicted molar refractivity (Wildman–Crippen MR) is 74.6 cm³/mol. The van der Waals surface area contributed by atoms with Gasteiger partial charge in [0.05, 0.1) is 6.33 Å². The second-order valence-corrected chi connectivity index (χ2v) is 5.47. The van der Waals surface area contributed by atoms with Crippen molar-refractivity contribution in [1.29, 1.82) is 0 Å². The molecule has 4 nitrogen and oxygen atoms in total. The summed E-state index contributed by atoms with van der Waals surface area (Å²) < 4.78 is 2.13. The van der Waals surface area contributed by atoms with Gasteiger partial charge in [-0.15, -0.1) is 0 Å². The number of likely N-dealkylation sites (tertiary alicyclic amines) is 1. The van der Waals surface area contributed by atoms with Crippen LogP contribution in [0.4, 0.5) is 0 Å². The zero-order valence-corrected chi connectivity index (χ0v) is 11.5. The SMILES string of the molecule is CC(CNCCCn1ccnc1)CN1CCCC1. The summed E-state index contributed by atoms with van der Waals surface area (Å²) >= 11 is 0. The van der Waals surface area contributed by atoms with Gasteiger partial charge in [0.15, 0.2) is 0 Å². The number of nitrogens with one attached hydrogen (secondary N) is 1. The summed E-state index contributed by atoms with van der Waals surface area (Å²) in [6, 6.07) is 0. The van der Waals surface area contributed by atoms with Gasteiger partial charge in [0.25, 0.3) is 0 Å². The molecule has 0 saturated carbocycles. The van der Waals surface area contributed by atoms with Crippen molar-refractivity contribution in [2.45, 2.75) is 32.7 Å². The van der Waals surface area contributed by atoms with Crippen molar-refractivity contribution in [3.05, 3.63) is 18.7 Å². The van der Waals surface area contributed by atoms with E-state index in [0.29, 0.717) is 0 Å². The van der Waals surface area contributed by atoms with Gasteiger partial charge in [-0.2, -0.15) is 0 Å². The summed E-state index contributed by atoms with van der Waals surface area (Å²) in [6.07, 6.45) is 9.71. The Morgan fingerprint density at radius 1 is 1.33 bits per heavy atom. The van der Waals surface area contributed by atoms with E-state index in [0.717, 1.165) is 25.6 Å². The number of hydrogen-bond acceptors (Lipinski definition) is 3. The number of hydrogen-bond donors (Lipinski definition) is 1. The van der Waals surface area contributed by atoms with Crippen LogP contribution >= 0.6 is 0 Å². The normalized spacial score (nSPS) is 18.3. The highest BCUT2D eigenvalue weighted by Crippen LogP contribution is 2.09. The Kier molecular flexibility index (Phi) is 5.68. The van der Waals surface area contributed by atoms with Gasteiger partial charge in [-0.3, -0.25) is 0 Å². The number of rotatable bonds is 8. The number of imidazole rings is 1. The van der Waals surface area contributed by atoms with Gasteiger partial charge in [-0.25, -0.2) is 4.98 Å². The lowest BCUT2D eigenvalue weighted by Crippen LogP contribution is -2.32. The second-order valence-electron chi connectivity index (χ2n) is 5.47. The van der Waals surface area contributed by atoms with Gasteiger partial charge in [0.1, 0.15) is 0 Å². The molecule has 1 aromatic heterocycles. The van der Waals surface area contributed by atoms with Gasteiger partial charge < -0.3 is 14.8 Å². The monoisotopic (exact) mass is 250 g/mol. The van der Waals surface area contributed by atoms with E-state index in [-0.39, 0.29) is 0 Å². The molecule has 1 unspecified atom stereocenters. The lowest BCUT2D eigenvalue weighted by molar-refractivity contribution is 0.282. The first-order valence-corrected chi connectivity index (χ1v) is 7.23. The van der Waals surface area contributed by atoms with Gasteiger partial charge in [-0.1, -0.05) is 6.92 Å². The van der Waals surface area contributed by atoms with Crippen molar-refractivity contribution in [2.24, 2.45) is 5.92 Å². The van der Waals surface area contributed by atoms with Crippen LogP contribution in [0, 0.1) is 5.92 Å².